The molecule has 1 saturated carbocycles. The molecule has 0 unspecified atom stereocenters. The van der Waals surface area contributed by atoms with Crippen LogP contribution in [0.15, 0.2) is 23.7 Å². The van der Waals surface area contributed by atoms with Gasteiger partial charge in [0.1, 0.15) is 0 Å². The standard InChI is InChI=1S/C12H15N3S/c1-15-11(4-5-14-15)12-6-9(8-16-12)7-13-10-2-3-10/h4-6,8,10,13H,2-3,7H2,1H3. The molecule has 0 saturated heterocycles. The van der Waals surface area contributed by atoms with Crippen molar-refractivity contribution in [2.45, 2.75) is 25.4 Å². The molecule has 84 valence electrons. The van der Waals surface area contributed by atoms with Gasteiger partial charge in [-0.15, -0.1) is 11.3 Å². The maximum absolute atomic E-state index is 4.19. The van der Waals surface area contributed by atoms with Crippen molar-refractivity contribution in [2.75, 3.05) is 0 Å². The summed E-state index contributed by atoms with van der Waals surface area (Å²) in [6.07, 6.45) is 4.54. The molecule has 3 rings (SSSR count). The van der Waals surface area contributed by atoms with Crippen LogP contribution in [0.25, 0.3) is 10.6 Å². The van der Waals surface area contributed by atoms with Gasteiger partial charge in [0, 0.05) is 25.8 Å². The quantitative estimate of drug-likeness (QED) is 0.879. The lowest BCUT2D eigenvalue weighted by Crippen LogP contribution is -2.14. The molecule has 0 aliphatic heterocycles. The largest absolute Gasteiger partial charge is 0.310 e. The summed E-state index contributed by atoms with van der Waals surface area (Å²) in [6, 6.07) is 5.10. The van der Waals surface area contributed by atoms with Gasteiger partial charge in [0.25, 0.3) is 0 Å². The second-order valence-electron chi connectivity index (χ2n) is 4.31. The number of hydrogen-bond acceptors (Lipinski definition) is 3. The number of hydrogen-bond donors (Lipinski definition) is 1. The Bertz CT molecular complexity index is 482. The van der Waals surface area contributed by atoms with E-state index in [1.165, 1.54) is 29.0 Å². The molecule has 16 heavy (non-hydrogen) atoms. The highest BCUT2D eigenvalue weighted by atomic mass is 32.1. The fraction of sp³-hybridized carbons (Fsp3) is 0.417. The van der Waals surface area contributed by atoms with Crippen molar-refractivity contribution in [3.63, 3.8) is 0 Å². The zero-order valence-electron chi connectivity index (χ0n) is 9.31. The van der Waals surface area contributed by atoms with E-state index in [2.05, 4.69) is 27.9 Å². The van der Waals surface area contributed by atoms with Crippen LogP contribution in [0.4, 0.5) is 0 Å². The van der Waals surface area contributed by atoms with Gasteiger partial charge >= 0.3 is 0 Å². The Balaban J connectivity index is 1.74. The average Bonchev–Trinajstić information content (AvgIpc) is 2.82. The minimum Gasteiger partial charge on any atom is -0.310 e. The molecule has 1 aliphatic rings. The number of aromatic nitrogens is 2. The smallest absolute Gasteiger partial charge is 0.0778 e. The second kappa shape index (κ2) is 4.03. The van der Waals surface area contributed by atoms with E-state index < -0.39 is 0 Å². The Morgan fingerprint density at radius 2 is 2.44 bits per heavy atom. The molecule has 0 radical (unpaired) electrons. The molecule has 0 spiro atoms. The summed E-state index contributed by atoms with van der Waals surface area (Å²) in [7, 11) is 1.98. The maximum Gasteiger partial charge on any atom is 0.0778 e. The predicted octanol–water partition coefficient (Wildman–Crippen LogP) is 2.40. The van der Waals surface area contributed by atoms with E-state index >= 15 is 0 Å². The van der Waals surface area contributed by atoms with Crippen molar-refractivity contribution >= 4 is 11.3 Å². The molecule has 2 aromatic rings. The Kier molecular flexibility index (Phi) is 2.53. The first-order chi connectivity index (χ1) is 7.83. The van der Waals surface area contributed by atoms with Crippen LogP contribution in [-0.2, 0) is 13.6 Å². The molecule has 0 atom stereocenters. The fourth-order valence-electron chi connectivity index (χ4n) is 1.77. The summed E-state index contributed by atoms with van der Waals surface area (Å²) in [6.45, 7) is 0.999. The Morgan fingerprint density at radius 1 is 1.56 bits per heavy atom. The predicted molar refractivity (Wildman–Crippen MR) is 66.4 cm³/mol. The van der Waals surface area contributed by atoms with Crippen LogP contribution in [0, 0.1) is 0 Å². The summed E-state index contributed by atoms with van der Waals surface area (Å²) in [4.78, 5) is 1.30. The number of thiophene rings is 1. The maximum atomic E-state index is 4.19. The van der Waals surface area contributed by atoms with Gasteiger partial charge in [-0.3, -0.25) is 4.68 Å². The van der Waals surface area contributed by atoms with Crippen molar-refractivity contribution in [1.82, 2.24) is 15.1 Å². The Morgan fingerprint density at radius 3 is 3.12 bits per heavy atom. The van der Waals surface area contributed by atoms with Gasteiger partial charge in [-0.2, -0.15) is 5.10 Å². The van der Waals surface area contributed by atoms with Crippen molar-refractivity contribution in [2.24, 2.45) is 7.05 Å². The van der Waals surface area contributed by atoms with E-state index in [1.807, 2.05) is 17.9 Å². The average molecular weight is 233 g/mol. The lowest BCUT2D eigenvalue weighted by atomic mass is 10.2. The minimum absolute atomic E-state index is 0.778. The van der Waals surface area contributed by atoms with Gasteiger partial charge in [-0.25, -0.2) is 0 Å². The lowest BCUT2D eigenvalue weighted by molar-refractivity contribution is 0.689. The molecule has 1 aliphatic carbocycles. The molecular weight excluding hydrogens is 218 g/mol. The van der Waals surface area contributed by atoms with Gasteiger partial charge in [0.15, 0.2) is 0 Å². The fourth-order valence-corrected chi connectivity index (χ4v) is 2.74. The topological polar surface area (TPSA) is 29.9 Å². The van der Waals surface area contributed by atoms with Gasteiger partial charge in [0.2, 0.25) is 0 Å². The number of nitrogens with one attached hydrogen (secondary N) is 1. The van der Waals surface area contributed by atoms with Crippen LogP contribution in [0.2, 0.25) is 0 Å². The first-order valence-corrected chi connectivity index (χ1v) is 6.50. The summed E-state index contributed by atoms with van der Waals surface area (Å²) in [5, 5.41) is 9.96. The summed E-state index contributed by atoms with van der Waals surface area (Å²) >= 11 is 1.79. The highest BCUT2D eigenvalue weighted by Gasteiger charge is 2.20. The number of rotatable bonds is 4. The molecule has 0 amide bonds. The number of aryl methyl sites for hydroxylation is 1. The summed E-state index contributed by atoms with van der Waals surface area (Å²) < 4.78 is 1.92. The van der Waals surface area contributed by atoms with Crippen molar-refractivity contribution in [1.29, 1.82) is 0 Å². The normalized spacial score (nSPS) is 15.6. The molecule has 1 N–H and O–H groups in total. The molecule has 1 fully saturated rings. The Hall–Kier alpha value is -1.13. The minimum atomic E-state index is 0.778. The first kappa shape index (κ1) is 10.1. The number of nitrogens with zero attached hydrogens (tertiary/aromatic N) is 2. The third kappa shape index (κ3) is 2.03. The SMILES string of the molecule is Cn1nccc1-c1cc(CNC2CC2)cs1. The highest BCUT2D eigenvalue weighted by molar-refractivity contribution is 7.13. The third-order valence-corrected chi connectivity index (χ3v) is 3.90. The van der Waals surface area contributed by atoms with E-state index in [9.17, 15) is 0 Å². The van der Waals surface area contributed by atoms with Crippen LogP contribution >= 0.6 is 11.3 Å². The molecule has 3 nitrogen and oxygen atoms in total. The van der Waals surface area contributed by atoms with Crippen LogP contribution < -0.4 is 5.32 Å². The Labute approximate surface area is 99.1 Å². The summed E-state index contributed by atoms with van der Waals surface area (Å²) in [5.41, 5.74) is 2.58. The van der Waals surface area contributed by atoms with E-state index in [0.717, 1.165) is 12.6 Å². The van der Waals surface area contributed by atoms with E-state index in [1.54, 1.807) is 11.3 Å². The molecule has 0 bridgehead atoms. The summed E-state index contributed by atoms with van der Waals surface area (Å²) in [5.74, 6) is 0. The molecule has 0 aromatic carbocycles. The van der Waals surface area contributed by atoms with Gasteiger partial charge in [0.05, 0.1) is 10.6 Å². The molecular formula is C12H15N3S. The van der Waals surface area contributed by atoms with Gasteiger partial charge in [-0.1, -0.05) is 0 Å². The second-order valence-corrected chi connectivity index (χ2v) is 5.23. The van der Waals surface area contributed by atoms with Crippen molar-refractivity contribution in [3.8, 4) is 10.6 Å². The van der Waals surface area contributed by atoms with Gasteiger partial charge < -0.3 is 5.32 Å². The molecule has 4 heteroatoms. The first-order valence-electron chi connectivity index (χ1n) is 5.62. The van der Waals surface area contributed by atoms with Crippen LogP contribution in [-0.4, -0.2) is 15.8 Å². The van der Waals surface area contributed by atoms with Crippen molar-refractivity contribution < 1.29 is 0 Å². The van der Waals surface area contributed by atoms with Crippen LogP contribution in [0.5, 0.6) is 0 Å². The highest BCUT2D eigenvalue weighted by Crippen LogP contribution is 2.27. The zero-order valence-corrected chi connectivity index (χ0v) is 10.1. The molecule has 2 heterocycles. The van der Waals surface area contributed by atoms with E-state index in [0.29, 0.717) is 0 Å². The van der Waals surface area contributed by atoms with Crippen LogP contribution in [0.3, 0.4) is 0 Å². The molecule has 2 aromatic heterocycles. The van der Waals surface area contributed by atoms with Crippen LogP contribution in [0.1, 0.15) is 18.4 Å². The zero-order chi connectivity index (χ0) is 11.0. The van der Waals surface area contributed by atoms with Gasteiger partial charge in [-0.05, 0) is 35.9 Å². The lowest BCUT2D eigenvalue weighted by Gasteiger charge is -1.99. The third-order valence-electron chi connectivity index (χ3n) is 2.90. The monoisotopic (exact) mass is 233 g/mol. The van der Waals surface area contributed by atoms with E-state index in [-0.39, 0.29) is 0 Å². The van der Waals surface area contributed by atoms with Crippen molar-refractivity contribution in [3.05, 3.63) is 29.3 Å². The van der Waals surface area contributed by atoms with E-state index in [4.69, 9.17) is 0 Å².